The van der Waals surface area contributed by atoms with Gasteiger partial charge in [0.2, 0.25) is 0 Å². The normalized spacial score (nSPS) is 12.1. The van der Waals surface area contributed by atoms with Gasteiger partial charge in [0.1, 0.15) is 6.29 Å². The number of hydrogen-bond donors (Lipinski definition) is 1. The van der Waals surface area contributed by atoms with Gasteiger partial charge in [-0.1, -0.05) is 6.92 Å². The van der Waals surface area contributed by atoms with E-state index in [0.717, 1.165) is 12.8 Å². The molecular formula is C8H17NO2. The number of carbonyl (C=O) groups is 1. The van der Waals surface area contributed by atoms with Crippen molar-refractivity contribution < 1.29 is 9.90 Å². The van der Waals surface area contributed by atoms with Crippen LogP contribution in [0.4, 0.5) is 0 Å². The molecule has 0 rings (SSSR count). The number of aliphatic hydroxyl groups is 1. The van der Waals surface area contributed by atoms with Crippen molar-refractivity contribution in [3.05, 3.63) is 0 Å². The van der Waals surface area contributed by atoms with Gasteiger partial charge in [0, 0.05) is 6.54 Å². The lowest BCUT2D eigenvalue weighted by molar-refractivity contribution is -0.109. The predicted octanol–water partition coefficient (Wildman–Crippen LogP) is 0.278. The van der Waals surface area contributed by atoms with Gasteiger partial charge in [0.15, 0.2) is 0 Å². The Hall–Kier alpha value is -0.410. The van der Waals surface area contributed by atoms with Crippen molar-refractivity contribution in [3.63, 3.8) is 0 Å². The molecule has 0 saturated heterocycles. The van der Waals surface area contributed by atoms with Gasteiger partial charge in [0.05, 0.1) is 12.1 Å². The molecule has 66 valence electrons. The van der Waals surface area contributed by atoms with Crippen LogP contribution < -0.4 is 0 Å². The highest BCUT2D eigenvalue weighted by Crippen LogP contribution is 2.03. The van der Waals surface area contributed by atoms with Crippen LogP contribution in [0.25, 0.3) is 0 Å². The van der Waals surface area contributed by atoms with Crippen LogP contribution in [-0.2, 0) is 4.79 Å². The Kier molecular flexibility index (Phi) is 4.30. The molecule has 0 aromatic heterocycles. The molecule has 0 amide bonds. The fourth-order valence-electron chi connectivity index (χ4n) is 0.958. The largest absolute Gasteiger partial charge is 0.389 e. The first kappa shape index (κ1) is 10.6. The summed E-state index contributed by atoms with van der Waals surface area (Å²) in [5.74, 6) is 0. The third-order valence-corrected chi connectivity index (χ3v) is 1.39. The Balaban J connectivity index is 3.77. The van der Waals surface area contributed by atoms with Crippen molar-refractivity contribution in [2.24, 2.45) is 0 Å². The van der Waals surface area contributed by atoms with Crippen LogP contribution in [0.3, 0.4) is 0 Å². The first-order valence-electron chi connectivity index (χ1n) is 3.88. The molecule has 1 N–H and O–H groups in total. The molecule has 0 aliphatic heterocycles. The molecule has 0 atom stereocenters. The first-order valence-corrected chi connectivity index (χ1v) is 3.88. The lowest BCUT2D eigenvalue weighted by Crippen LogP contribution is -2.39. The fourth-order valence-corrected chi connectivity index (χ4v) is 0.958. The Morgan fingerprint density at radius 2 is 2.09 bits per heavy atom. The fraction of sp³-hybridized carbons (Fsp3) is 0.875. The third kappa shape index (κ3) is 6.01. The van der Waals surface area contributed by atoms with Crippen molar-refractivity contribution in [2.45, 2.75) is 26.4 Å². The summed E-state index contributed by atoms with van der Waals surface area (Å²) < 4.78 is 0. The molecule has 11 heavy (non-hydrogen) atoms. The standard InChI is InChI=1S/C8H17NO2/c1-4-9(5-6-10)7-8(2,3)11/h6,11H,4-5,7H2,1-3H3. The van der Waals surface area contributed by atoms with Crippen molar-refractivity contribution in [2.75, 3.05) is 19.6 Å². The van der Waals surface area contributed by atoms with Gasteiger partial charge >= 0.3 is 0 Å². The second kappa shape index (κ2) is 4.46. The Labute approximate surface area is 68.0 Å². The molecule has 0 unspecified atom stereocenters. The van der Waals surface area contributed by atoms with Crippen LogP contribution in [0.1, 0.15) is 20.8 Å². The van der Waals surface area contributed by atoms with Crippen molar-refractivity contribution in [3.8, 4) is 0 Å². The average molecular weight is 159 g/mol. The molecule has 0 aromatic rings. The summed E-state index contributed by atoms with van der Waals surface area (Å²) in [6, 6.07) is 0. The molecule has 0 aliphatic rings. The Morgan fingerprint density at radius 1 is 1.55 bits per heavy atom. The Morgan fingerprint density at radius 3 is 2.36 bits per heavy atom. The quantitative estimate of drug-likeness (QED) is 0.586. The highest BCUT2D eigenvalue weighted by molar-refractivity contribution is 5.51. The lowest BCUT2D eigenvalue weighted by atomic mass is 10.1. The maximum atomic E-state index is 10.1. The van der Waals surface area contributed by atoms with E-state index in [-0.39, 0.29) is 0 Å². The first-order chi connectivity index (χ1) is 4.99. The second-order valence-corrected chi connectivity index (χ2v) is 3.31. The average Bonchev–Trinajstić information content (AvgIpc) is 1.84. The summed E-state index contributed by atoms with van der Waals surface area (Å²) in [6.07, 6.45) is 0.856. The van der Waals surface area contributed by atoms with E-state index in [1.807, 2.05) is 11.8 Å². The van der Waals surface area contributed by atoms with E-state index in [4.69, 9.17) is 0 Å². The van der Waals surface area contributed by atoms with Gasteiger partial charge in [-0.3, -0.25) is 4.90 Å². The zero-order valence-electron chi connectivity index (χ0n) is 7.50. The summed E-state index contributed by atoms with van der Waals surface area (Å²) in [5.41, 5.74) is -0.709. The molecule has 3 nitrogen and oxygen atoms in total. The SMILES string of the molecule is CCN(CC=O)CC(C)(C)O. The zero-order chi connectivity index (χ0) is 8.91. The summed E-state index contributed by atoms with van der Waals surface area (Å²) >= 11 is 0. The zero-order valence-corrected chi connectivity index (χ0v) is 7.50. The maximum absolute atomic E-state index is 10.1. The number of aldehydes is 1. The van der Waals surface area contributed by atoms with Crippen LogP contribution in [0.5, 0.6) is 0 Å². The minimum absolute atomic E-state index is 0.403. The number of rotatable bonds is 5. The molecule has 0 aliphatic carbocycles. The van der Waals surface area contributed by atoms with E-state index in [1.54, 1.807) is 13.8 Å². The van der Waals surface area contributed by atoms with E-state index in [9.17, 15) is 9.90 Å². The van der Waals surface area contributed by atoms with Crippen LogP contribution in [0, 0.1) is 0 Å². The minimum atomic E-state index is -0.709. The number of carbonyl (C=O) groups excluding carboxylic acids is 1. The van der Waals surface area contributed by atoms with Crippen LogP contribution in [-0.4, -0.2) is 41.5 Å². The van der Waals surface area contributed by atoms with Gasteiger partial charge in [-0.05, 0) is 20.4 Å². The summed E-state index contributed by atoms with van der Waals surface area (Å²) in [6.45, 7) is 7.18. The smallest absolute Gasteiger partial charge is 0.133 e. The summed E-state index contributed by atoms with van der Waals surface area (Å²) in [7, 11) is 0. The highest BCUT2D eigenvalue weighted by Gasteiger charge is 2.16. The highest BCUT2D eigenvalue weighted by atomic mass is 16.3. The molecule has 0 saturated carbocycles. The van der Waals surface area contributed by atoms with E-state index in [2.05, 4.69) is 0 Å². The minimum Gasteiger partial charge on any atom is -0.389 e. The summed E-state index contributed by atoms with van der Waals surface area (Å²) in [5, 5.41) is 9.39. The molecule has 3 heteroatoms. The number of hydrogen-bond acceptors (Lipinski definition) is 3. The van der Waals surface area contributed by atoms with Gasteiger partial charge < -0.3 is 9.90 Å². The van der Waals surface area contributed by atoms with Crippen LogP contribution in [0.15, 0.2) is 0 Å². The van der Waals surface area contributed by atoms with E-state index in [0.29, 0.717) is 13.1 Å². The van der Waals surface area contributed by atoms with E-state index >= 15 is 0 Å². The molecule has 0 bridgehead atoms. The van der Waals surface area contributed by atoms with Gasteiger partial charge in [-0.15, -0.1) is 0 Å². The number of likely N-dealkylation sites (N-methyl/N-ethyl adjacent to an activating group) is 1. The van der Waals surface area contributed by atoms with Crippen molar-refractivity contribution in [1.29, 1.82) is 0 Å². The molecule has 0 aromatic carbocycles. The Bertz CT molecular complexity index is 118. The summed E-state index contributed by atoms with van der Waals surface area (Å²) in [4.78, 5) is 12.0. The molecule has 0 fully saturated rings. The third-order valence-electron chi connectivity index (χ3n) is 1.39. The van der Waals surface area contributed by atoms with Gasteiger partial charge in [-0.25, -0.2) is 0 Å². The van der Waals surface area contributed by atoms with Crippen molar-refractivity contribution in [1.82, 2.24) is 4.90 Å². The topological polar surface area (TPSA) is 40.5 Å². The molecular weight excluding hydrogens is 142 g/mol. The molecule has 0 radical (unpaired) electrons. The molecule has 0 spiro atoms. The van der Waals surface area contributed by atoms with Crippen molar-refractivity contribution >= 4 is 6.29 Å². The molecule has 0 heterocycles. The van der Waals surface area contributed by atoms with Gasteiger partial charge in [-0.2, -0.15) is 0 Å². The second-order valence-electron chi connectivity index (χ2n) is 3.31. The van der Waals surface area contributed by atoms with E-state index < -0.39 is 5.60 Å². The predicted molar refractivity (Wildman–Crippen MR) is 44.5 cm³/mol. The lowest BCUT2D eigenvalue weighted by Gasteiger charge is -2.25. The van der Waals surface area contributed by atoms with Crippen LogP contribution in [0.2, 0.25) is 0 Å². The monoisotopic (exact) mass is 159 g/mol. The maximum Gasteiger partial charge on any atom is 0.133 e. The van der Waals surface area contributed by atoms with E-state index in [1.165, 1.54) is 0 Å². The van der Waals surface area contributed by atoms with Gasteiger partial charge in [0.25, 0.3) is 0 Å². The van der Waals surface area contributed by atoms with Crippen LogP contribution >= 0.6 is 0 Å². The number of nitrogens with zero attached hydrogens (tertiary/aromatic N) is 1.